The largest absolute Gasteiger partial charge is 0.472 e. The Morgan fingerprint density at radius 3 is 2.39 bits per heavy atom. The third-order valence-electron chi connectivity index (χ3n) is 2.64. The minimum absolute atomic E-state index is 0.140. The summed E-state index contributed by atoms with van der Waals surface area (Å²) >= 11 is 0. The summed E-state index contributed by atoms with van der Waals surface area (Å²) in [4.78, 5) is 24.1. The third-order valence-corrected chi connectivity index (χ3v) is 2.64. The predicted molar refractivity (Wildman–Crippen MR) is 62.8 cm³/mol. The summed E-state index contributed by atoms with van der Waals surface area (Å²) in [5.74, 6) is 0.362. The first kappa shape index (κ1) is 12.1. The second kappa shape index (κ2) is 4.85. The summed E-state index contributed by atoms with van der Waals surface area (Å²) < 4.78 is 10.4. The third kappa shape index (κ3) is 2.04. The molecule has 0 unspecified atom stereocenters. The summed E-state index contributed by atoms with van der Waals surface area (Å²) in [5, 5.41) is 0. The fourth-order valence-corrected chi connectivity index (χ4v) is 1.77. The van der Waals surface area contributed by atoms with Crippen LogP contribution in [0.2, 0.25) is 0 Å². The van der Waals surface area contributed by atoms with Crippen molar-refractivity contribution in [2.24, 2.45) is 0 Å². The molecule has 0 bridgehead atoms. The molecule has 0 atom stereocenters. The lowest BCUT2D eigenvalue weighted by Crippen LogP contribution is -2.32. The van der Waals surface area contributed by atoms with Gasteiger partial charge in [0, 0.05) is 18.2 Å². The number of nitrogens with zero attached hydrogens (tertiary/aromatic N) is 1. The fourth-order valence-electron chi connectivity index (χ4n) is 1.77. The zero-order chi connectivity index (χ0) is 13.1. The fraction of sp³-hybridized carbons (Fsp3) is 0.231. The molecule has 0 N–H and O–H groups in total. The molecule has 5 heteroatoms. The highest BCUT2D eigenvalue weighted by atomic mass is 16.5. The van der Waals surface area contributed by atoms with Crippen LogP contribution in [0.1, 0.15) is 0 Å². The summed E-state index contributed by atoms with van der Waals surface area (Å²) in [6.07, 6.45) is 8.68. The van der Waals surface area contributed by atoms with Gasteiger partial charge in [-0.05, 0) is 0 Å². The van der Waals surface area contributed by atoms with Crippen molar-refractivity contribution in [1.82, 2.24) is 4.90 Å². The smallest absolute Gasteiger partial charge is 0.282 e. The van der Waals surface area contributed by atoms with Crippen molar-refractivity contribution in [3.63, 3.8) is 0 Å². The molecule has 1 aliphatic heterocycles. The Hall–Kier alpha value is -2.39. The molecule has 0 saturated heterocycles. The lowest BCUT2D eigenvalue weighted by molar-refractivity contribution is -0.136. The highest BCUT2D eigenvalue weighted by molar-refractivity contribution is 6.13. The zero-order valence-electron chi connectivity index (χ0n) is 10.1. The molecular formula is C13H12NO4+. The van der Waals surface area contributed by atoms with Crippen LogP contribution in [0.4, 0.5) is 0 Å². The number of methoxy groups -OCH3 is 2. The van der Waals surface area contributed by atoms with Crippen molar-refractivity contribution >= 4 is 11.8 Å². The van der Waals surface area contributed by atoms with Crippen LogP contribution in [-0.2, 0) is 19.1 Å². The molecule has 0 fully saturated rings. The molecule has 0 radical (unpaired) electrons. The van der Waals surface area contributed by atoms with E-state index in [2.05, 4.69) is 6.08 Å². The maximum absolute atomic E-state index is 11.5. The van der Waals surface area contributed by atoms with Crippen LogP contribution in [0.15, 0.2) is 41.4 Å². The van der Waals surface area contributed by atoms with E-state index in [4.69, 9.17) is 9.47 Å². The zero-order valence-corrected chi connectivity index (χ0v) is 10.1. The lowest BCUT2D eigenvalue weighted by Gasteiger charge is -2.14. The molecule has 0 saturated carbocycles. The number of rotatable bonds is 4. The van der Waals surface area contributed by atoms with Gasteiger partial charge in [-0.2, -0.15) is 0 Å². The number of carbonyl (C=O) groups excluding carboxylic acids is 2. The first-order valence-electron chi connectivity index (χ1n) is 5.32. The minimum atomic E-state index is -0.329. The molecular weight excluding hydrogens is 234 g/mol. The molecule has 1 heterocycles. The van der Waals surface area contributed by atoms with Crippen LogP contribution in [0.3, 0.4) is 0 Å². The van der Waals surface area contributed by atoms with E-state index < -0.39 is 0 Å². The van der Waals surface area contributed by atoms with E-state index in [0.717, 1.165) is 4.90 Å². The first-order valence-corrected chi connectivity index (χ1v) is 5.32. The number of imide groups is 1. The molecule has 18 heavy (non-hydrogen) atoms. The van der Waals surface area contributed by atoms with E-state index in [0.29, 0.717) is 17.1 Å². The van der Waals surface area contributed by atoms with Gasteiger partial charge in [-0.1, -0.05) is 0 Å². The number of amides is 2. The van der Waals surface area contributed by atoms with E-state index in [1.165, 1.54) is 26.4 Å². The van der Waals surface area contributed by atoms with Gasteiger partial charge in [0.1, 0.15) is 18.2 Å². The van der Waals surface area contributed by atoms with Gasteiger partial charge < -0.3 is 9.47 Å². The summed E-state index contributed by atoms with van der Waals surface area (Å²) in [6, 6.07) is 0. The second-order valence-corrected chi connectivity index (χ2v) is 3.68. The highest BCUT2D eigenvalue weighted by Crippen LogP contribution is 2.23. The minimum Gasteiger partial charge on any atom is -0.472 e. The molecule has 0 spiro atoms. The van der Waals surface area contributed by atoms with E-state index >= 15 is 0 Å². The number of ether oxygens (including phenoxy) is 2. The predicted octanol–water partition coefficient (Wildman–Crippen LogP) is 0.715. The van der Waals surface area contributed by atoms with E-state index in [1.54, 1.807) is 12.2 Å². The van der Waals surface area contributed by atoms with Crippen LogP contribution in [0.25, 0.3) is 0 Å². The van der Waals surface area contributed by atoms with Crippen molar-refractivity contribution < 1.29 is 19.1 Å². The number of carbonyl (C=O) groups is 2. The topological polar surface area (TPSA) is 55.8 Å². The standard InChI is InChI=1S/C13H12NO4/c1-17-10-5-3-4-9(13(10)18-2)8-14-11(15)6-7-12(14)16/h4-7H,8H2,1-2H3/q+1. The van der Waals surface area contributed by atoms with Gasteiger partial charge in [-0.3, -0.25) is 14.5 Å². The number of hydrogen-bond acceptors (Lipinski definition) is 4. The molecule has 2 aliphatic rings. The van der Waals surface area contributed by atoms with Crippen LogP contribution in [0, 0.1) is 6.08 Å². The van der Waals surface area contributed by atoms with Crippen LogP contribution in [0.5, 0.6) is 0 Å². The van der Waals surface area contributed by atoms with Gasteiger partial charge in [0.15, 0.2) is 6.08 Å². The highest BCUT2D eigenvalue weighted by Gasteiger charge is 2.31. The van der Waals surface area contributed by atoms with E-state index in [-0.39, 0.29) is 18.4 Å². The molecule has 0 aromatic carbocycles. The van der Waals surface area contributed by atoms with Gasteiger partial charge in [0.25, 0.3) is 23.3 Å². The molecule has 2 amide bonds. The monoisotopic (exact) mass is 246 g/mol. The van der Waals surface area contributed by atoms with E-state index in [9.17, 15) is 9.59 Å². The van der Waals surface area contributed by atoms with Gasteiger partial charge in [-0.15, -0.1) is 0 Å². The molecule has 92 valence electrons. The molecule has 0 aromatic rings. The van der Waals surface area contributed by atoms with Crippen molar-refractivity contribution in [3.05, 3.63) is 47.5 Å². The van der Waals surface area contributed by atoms with Crippen LogP contribution >= 0.6 is 0 Å². The van der Waals surface area contributed by atoms with Gasteiger partial charge in [-0.25, -0.2) is 0 Å². The Morgan fingerprint density at radius 2 is 1.83 bits per heavy atom. The van der Waals surface area contributed by atoms with Gasteiger partial charge >= 0.3 is 0 Å². The second-order valence-electron chi connectivity index (χ2n) is 3.68. The Kier molecular flexibility index (Phi) is 3.26. The van der Waals surface area contributed by atoms with Gasteiger partial charge in [0.05, 0.1) is 14.2 Å². The Bertz CT molecular complexity index is 493. The average Bonchev–Trinajstić information content (AvgIpc) is 2.70. The van der Waals surface area contributed by atoms with Crippen molar-refractivity contribution in [1.29, 1.82) is 0 Å². The Balaban J connectivity index is 2.25. The first-order chi connectivity index (χ1) is 8.67. The average molecular weight is 246 g/mol. The van der Waals surface area contributed by atoms with Crippen LogP contribution < -0.4 is 0 Å². The normalized spacial score (nSPS) is 18.1. The van der Waals surface area contributed by atoms with Gasteiger partial charge in [0.2, 0.25) is 0 Å². The lowest BCUT2D eigenvalue weighted by atomic mass is 10.1. The SMILES string of the molecule is COC1=C[C+]=CC(CN2C(=O)C=CC2=O)=C1OC. The Labute approximate surface area is 105 Å². The summed E-state index contributed by atoms with van der Waals surface area (Å²) in [6.45, 7) is 0.140. The molecule has 0 aromatic heterocycles. The Morgan fingerprint density at radius 1 is 1.17 bits per heavy atom. The maximum Gasteiger partial charge on any atom is 0.282 e. The summed E-state index contributed by atoms with van der Waals surface area (Å²) in [7, 11) is 3.02. The number of allylic oxidation sites excluding steroid dienone is 2. The maximum atomic E-state index is 11.5. The van der Waals surface area contributed by atoms with Crippen molar-refractivity contribution in [3.8, 4) is 0 Å². The van der Waals surface area contributed by atoms with E-state index in [1.807, 2.05) is 0 Å². The molecule has 2 rings (SSSR count). The molecule has 5 nitrogen and oxygen atoms in total. The molecule has 1 aliphatic carbocycles. The quantitative estimate of drug-likeness (QED) is 0.541. The van der Waals surface area contributed by atoms with Crippen molar-refractivity contribution in [2.75, 3.05) is 20.8 Å². The van der Waals surface area contributed by atoms with Crippen molar-refractivity contribution in [2.45, 2.75) is 0 Å². The van der Waals surface area contributed by atoms with Crippen LogP contribution in [-0.4, -0.2) is 37.5 Å². The summed E-state index contributed by atoms with van der Waals surface area (Å²) in [5.41, 5.74) is 0.669. The number of hydrogen-bond donors (Lipinski definition) is 0.